The lowest BCUT2D eigenvalue weighted by Gasteiger charge is -1.71. The van der Waals surface area contributed by atoms with E-state index in [9.17, 15) is 0 Å². The van der Waals surface area contributed by atoms with Crippen LogP contribution in [0.3, 0.4) is 0 Å². The lowest BCUT2D eigenvalue weighted by atomic mass is 11.9. The van der Waals surface area contributed by atoms with Crippen LogP contribution in [-0.4, -0.2) is 5.28 Å². The molecule has 0 radical (unpaired) electrons. The molecule has 0 fully saturated rings. The van der Waals surface area contributed by atoms with E-state index in [1.165, 1.54) is 0 Å². The maximum atomic E-state index is 4.76. The third kappa shape index (κ3) is 52.4. The van der Waals surface area contributed by atoms with Gasteiger partial charge >= 0.3 is 0 Å². The van der Waals surface area contributed by atoms with Crippen molar-refractivity contribution in [1.82, 2.24) is 0 Å². The molecule has 0 aliphatic heterocycles. The molecule has 0 aromatic rings. The third-order valence-corrected chi connectivity index (χ3v) is 0. The zero-order valence-electron chi connectivity index (χ0n) is 3.17. The molecule has 0 bridgehead atoms. The molecule has 0 rings (SSSR count). The number of hydrogen-bond acceptors (Lipinski definition) is 0. The normalized spacial score (nSPS) is 7.71. The van der Waals surface area contributed by atoms with Crippen molar-refractivity contribution in [2.75, 3.05) is 5.34 Å². The van der Waals surface area contributed by atoms with Crippen molar-refractivity contribution >= 4 is 91.0 Å². The summed E-state index contributed by atoms with van der Waals surface area (Å²) in [6.07, 6.45) is 0. The van der Waals surface area contributed by atoms with E-state index in [4.69, 9.17) is 23.2 Å². The predicted molar refractivity (Wildman–Crippen MR) is 62.4 cm³/mol. The molecular weight excluding hydrogens is 476 g/mol. The second-order valence-electron chi connectivity index (χ2n) is 0.348. The van der Waals surface area contributed by atoms with Gasteiger partial charge in [0.2, 0.25) is 0 Å². The molecule has 5 heteroatoms. The molecule has 0 atom stereocenters. The summed E-state index contributed by atoms with van der Waals surface area (Å²) < 4.78 is 0.743. The molecule has 7 heavy (non-hydrogen) atoms. The average molecular weight is 479 g/mol. The quantitative estimate of drug-likeness (QED) is 0.365. The van der Waals surface area contributed by atoms with E-state index < -0.39 is 0 Å². The van der Waals surface area contributed by atoms with Gasteiger partial charge in [-0.2, -0.15) is 0 Å². The average Bonchev–Trinajstić information content (AvgIpc) is 1.33. The van der Waals surface area contributed by atoms with E-state index in [1.54, 1.807) is 0 Å². The lowest BCUT2D eigenvalue weighted by Crippen LogP contribution is -1.47. The molecule has 46 valence electrons. The number of rotatable bonds is 0. The van der Waals surface area contributed by atoms with Crippen LogP contribution >= 0.6 is 91.0 Å². The monoisotopic (exact) mass is 478 g/mol. The van der Waals surface area contributed by atoms with Gasteiger partial charge in [0, 0.05) is 0 Å². The van der Waals surface area contributed by atoms with Crippen LogP contribution in [0.1, 0.15) is 0 Å². The molecule has 0 heterocycles. The summed E-state index contributed by atoms with van der Waals surface area (Å²) in [6, 6.07) is 0. The molecule has 0 N–H and O–H groups in total. The van der Waals surface area contributed by atoms with E-state index in [-0.39, 0.29) is 5.34 Å². The van der Waals surface area contributed by atoms with Crippen LogP contribution < -0.4 is 0 Å². The molecule has 0 aliphatic carbocycles. The van der Waals surface area contributed by atoms with Crippen LogP contribution in [0.4, 0.5) is 0 Å². The van der Waals surface area contributed by atoms with Gasteiger partial charge in [-0.05, 0) is 0 Å². The molecule has 0 saturated carbocycles. The van der Waals surface area contributed by atoms with E-state index in [0.717, 1.165) is -0.0619 Å². The van der Waals surface area contributed by atoms with Gasteiger partial charge in [-0.15, -0.1) is 23.2 Å². The highest BCUT2D eigenvalue weighted by atomic mass is 127. The maximum Gasteiger partial charge on any atom is 0.114 e. The second-order valence-corrected chi connectivity index (χ2v) is 12.0. The fraction of sp³-hybridized carbons (Fsp3) is 1.00. The molecule has 0 saturated heterocycles. The van der Waals surface area contributed by atoms with Crippen LogP contribution in [0.15, 0.2) is 0 Å². The molecule has 0 aromatic heterocycles. The Morgan fingerprint density at radius 1 is 1.14 bits per heavy atom. The van der Waals surface area contributed by atoms with Crippen molar-refractivity contribution in [3.05, 3.63) is 0 Å². The van der Waals surface area contributed by atoms with Crippen LogP contribution in [0.5, 0.6) is 0 Å². The first-order valence-corrected chi connectivity index (χ1v) is 6.00. The number of alkyl halides is 5. The fourth-order valence-electron chi connectivity index (χ4n) is 0. The van der Waals surface area contributed by atoms with Crippen molar-refractivity contribution in [2.24, 2.45) is 0 Å². The van der Waals surface area contributed by atoms with E-state index in [0.29, 0.717) is 0 Å². The van der Waals surface area contributed by atoms with Crippen molar-refractivity contribution in [1.29, 1.82) is 0 Å². The minimum atomic E-state index is 0.194. The Bertz CT molecular complexity index is 22.1. The standard InChI is InChI=1S/CH2Cl2.CHI3/c2-1-3;2-1(3)4/h1H2;1H. The lowest BCUT2D eigenvalue weighted by molar-refractivity contribution is 2.20. The van der Waals surface area contributed by atoms with E-state index >= 15 is 0 Å². The molecule has 0 spiro atoms. The van der Waals surface area contributed by atoms with Crippen LogP contribution in [-0.2, 0) is 0 Å². The van der Waals surface area contributed by atoms with Crippen LogP contribution in [0.25, 0.3) is 0 Å². The van der Waals surface area contributed by atoms with Gasteiger partial charge < -0.3 is 0 Å². The van der Waals surface area contributed by atoms with Crippen LogP contribution in [0, 0.1) is 0 Å². The fourth-order valence-corrected chi connectivity index (χ4v) is 0. The number of hydrogen-bond donors (Lipinski definition) is 0. The highest BCUT2D eigenvalue weighted by Gasteiger charge is 1.76. The summed E-state index contributed by atoms with van der Waals surface area (Å²) in [5.41, 5.74) is 0. The van der Waals surface area contributed by atoms with E-state index in [1.807, 2.05) is 0 Å². The largest absolute Gasteiger partial charge is 0.114 e. The molecule has 0 aliphatic rings. The van der Waals surface area contributed by atoms with Crippen molar-refractivity contribution < 1.29 is 0 Å². The highest BCUT2D eigenvalue weighted by Crippen LogP contribution is 2.16. The van der Waals surface area contributed by atoms with Gasteiger partial charge in [0.15, 0.2) is 0 Å². The zero-order chi connectivity index (χ0) is 6.28. The van der Waals surface area contributed by atoms with Crippen molar-refractivity contribution in [3.8, 4) is 0 Å². The SMILES string of the molecule is ClCCl.IC(I)I. The summed E-state index contributed by atoms with van der Waals surface area (Å²) in [4.78, 5) is 0. The summed E-state index contributed by atoms with van der Waals surface area (Å²) >= 11 is 16.5. The Labute approximate surface area is 94.5 Å². The second kappa shape index (κ2) is 11.6. The Morgan fingerprint density at radius 2 is 1.14 bits per heavy atom. The highest BCUT2D eigenvalue weighted by molar-refractivity contribution is 14.3. The summed E-state index contributed by atoms with van der Waals surface area (Å²) in [5, 5.41) is 0.194. The molecule has 0 amide bonds. The first-order chi connectivity index (χ1) is 3.15. The summed E-state index contributed by atoms with van der Waals surface area (Å²) in [5.74, 6) is 0. The smallest absolute Gasteiger partial charge is 0.109 e. The Hall–Kier alpha value is 2.77. The van der Waals surface area contributed by atoms with Gasteiger partial charge in [-0.25, -0.2) is 0 Å². The Kier molecular flexibility index (Phi) is 20.5. The molecule has 0 aromatic carbocycles. The van der Waals surface area contributed by atoms with Gasteiger partial charge in [0.1, 0.15) is -0.0619 Å². The summed E-state index contributed by atoms with van der Waals surface area (Å²) in [6.45, 7) is 0. The minimum Gasteiger partial charge on any atom is -0.109 e. The minimum absolute atomic E-state index is 0.194. The predicted octanol–water partition coefficient (Wildman–Crippen LogP) is 4.00. The summed E-state index contributed by atoms with van der Waals surface area (Å²) in [7, 11) is 0. The van der Waals surface area contributed by atoms with Gasteiger partial charge in [0.25, 0.3) is 0 Å². The molecule has 0 nitrogen and oxygen atoms in total. The number of halogens is 5. The van der Waals surface area contributed by atoms with Crippen molar-refractivity contribution in [3.63, 3.8) is 0 Å². The topological polar surface area (TPSA) is 0 Å². The van der Waals surface area contributed by atoms with Gasteiger partial charge in [-0.3, -0.25) is 0 Å². The van der Waals surface area contributed by atoms with Gasteiger partial charge in [-0.1, -0.05) is 67.8 Å². The van der Waals surface area contributed by atoms with Gasteiger partial charge in [0.05, 0.1) is 5.34 Å². The maximum absolute atomic E-state index is 4.76. The molecule has 0 unspecified atom stereocenters. The van der Waals surface area contributed by atoms with Crippen molar-refractivity contribution in [2.45, 2.75) is -0.0619 Å². The zero-order valence-corrected chi connectivity index (χ0v) is 11.2. The van der Waals surface area contributed by atoms with E-state index in [2.05, 4.69) is 67.8 Å². The Morgan fingerprint density at radius 3 is 1.14 bits per heavy atom. The first-order valence-electron chi connectivity index (χ1n) is 1.19. The Balaban J connectivity index is 0. The molecular formula is C2H3Cl2I3. The van der Waals surface area contributed by atoms with Crippen LogP contribution in [0.2, 0.25) is 0 Å². The third-order valence-electron chi connectivity index (χ3n) is 0. The first kappa shape index (κ1) is 12.4.